The van der Waals surface area contributed by atoms with E-state index in [2.05, 4.69) is 20.3 Å². The molecule has 0 bridgehead atoms. The van der Waals surface area contributed by atoms with Crippen molar-refractivity contribution in [2.24, 2.45) is 0 Å². The van der Waals surface area contributed by atoms with Gasteiger partial charge in [-0.05, 0) is 50.1 Å². The number of carbonyl (C=O) groups is 2. The molecule has 0 atom stereocenters. The lowest BCUT2D eigenvalue weighted by atomic mass is 10.1. The summed E-state index contributed by atoms with van der Waals surface area (Å²) in [6.07, 6.45) is 2.08. The molecule has 0 aliphatic rings. The SMILES string of the molecule is CC(C)NS(=O)(=O)c1ccc(CCNC(=O)C(=O)NCc2ccccn2)cc1. The predicted octanol–water partition coefficient (Wildman–Crippen LogP) is 0.743. The van der Waals surface area contributed by atoms with Crippen molar-refractivity contribution in [2.75, 3.05) is 6.54 Å². The molecule has 0 fully saturated rings. The number of nitrogens with zero attached hydrogens (tertiary/aromatic N) is 1. The van der Waals surface area contributed by atoms with Gasteiger partial charge in [-0.25, -0.2) is 13.1 Å². The quantitative estimate of drug-likeness (QED) is 0.561. The number of aromatic nitrogens is 1. The Morgan fingerprint density at radius 1 is 1.00 bits per heavy atom. The molecule has 0 saturated carbocycles. The number of hydrogen-bond donors (Lipinski definition) is 3. The summed E-state index contributed by atoms with van der Waals surface area (Å²) in [7, 11) is -3.53. The van der Waals surface area contributed by atoms with Gasteiger partial charge in [0.05, 0.1) is 17.1 Å². The van der Waals surface area contributed by atoms with E-state index in [0.717, 1.165) is 5.56 Å². The molecule has 150 valence electrons. The van der Waals surface area contributed by atoms with Gasteiger partial charge in [0.1, 0.15) is 0 Å². The van der Waals surface area contributed by atoms with Gasteiger partial charge in [0.25, 0.3) is 0 Å². The van der Waals surface area contributed by atoms with Crippen LogP contribution in [0, 0.1) is 0 Å². The summed E-state index contributed by atoms with van der Waals surface area (Å²) in [5, 5.41) is 5.04. The van der Waals surface area contributed by atoms with Crippen molar-refractivity contribution in [3.63, 3.8) is 0 Å². The molecule has 28 heavy (non-hydrogen) atoms. The summed E-state index contributed by atoms with van der Waals surface area (Å²) in [5.74, 6) is -1.46. The zero-order valence-corrected chi connectivity index (χ0v) is 16.6. The number of pyridine rings is 1. The maximum Gasteiger partial charge on any atom is 0.309 e. The minimum Gasteiger partial charge on any atom is -0.348 e. The van der Waals surface area contributed by atoms with Crippen molar-refractivity contribution in [2.45, 2.75) is 37.8 Å². The van der Waals surface area contributed by atoms with Crippen LogP contribution in [0.1, 0.15) is 25.1 Å². The summed E-state index contributed by atoms with van der Waals surface area (Å²) < 4.78 is 26.7. The van der Waals surface area contributed by atoms with E-state index in [1.54, 1.807) is 50.4 Å². The number of benzene rings is 1. The third kappa shape index (κ3) is 6.75. The lowest BCUT2D eigenvalue weighted by Gasteiger charge is -2.10. The summed E-state index contributed by atoms with van der Waals surface area (Å²) in [4.78, 5) is 27.8. The van der Waals surface area contributed by atoms with Crippen LogP contribution in [0.5, 0.6) is 0 Å². The summed E-state index contributed by atoms with van der Waals surface area (Å²) in [5.41, 5.74) is 1.50. The Bertz CT molecular complexity index is 897. The molecule has 9 heteroatoms. The van der Waals surface area contributed by atoms with E-state index < -0.39 is 21.8 Å². The molecular weight excluding hydrogens is 380 g/mol. The maximum atomic E-state index is 12.1. The monoisotopic (exact) mass is 404 g/mol. The molecule has 2 rings (SSSR count). The normalized spacial score (nSPS) is 11.2. The first-order valence-electron chi connectivity index (χ1n) is 8.85. The smallest absolute Gasteiger partial charge is 0.309 e. The Morgan fingerprint density at radius 2 is 1.68 bits per heavy atom. The zero-order chi connectivity index (χ0) is 20.6. The second-order valence-corrected chi connectivity index (χ2v) is 8.14. The molecule has 1 aromatic heterocycles. The first-order chi connectivity index (χ1) is 13.3. The predicted molar refractivity (Wildman–Crippen MR) is 105 cm³/mol. The molecule has 0 unspecified atom stereocenters. The molecule has 2 amide bonds. The lowest BCUT2D eigenvalue weighted by Crippen LogP contribution is -2.40. The molecule has 0 saturated heterocycles. The Balaban J connectivity index is 1.78. The largest absolute Gasteiger partial charge is 0.348 e. The fourth-order valence-electron chi connectivity index (χ4n) is 2.37. The highest BCUT2D eigenvalue weighted by Gasteiger charge is 2.15. The van der Waals surface area contributed by atoms with Gasteiger partial charge in [0.2, 0.25) is 10.0 Å². The molecule has 2 aromatic rings. The molecule has 8 nitrogen and oxygen atoms in total. The highest BCUT2D eigenvalue weighted by molar-refractivity contribution is 7.89. The second-order valence-electron chi connectivity index (χ2n) is 6.43. The van der Waals surface area contributed by atoms with E-state index in [1.165, 1.54) is 12.1 Å². The number of rotatable bonds is 8. The van der Waals surface area contributed by atoms with Gasteiger partial charge in [-0.2, -0.15) is 0 Å². The van der Waals surface area contributed by atoms with Gasteiger partial charge < -0.3 is 10.6 Å². The fraction of sp³-hybridized carbons (Fsp3) is 0.316. The highest BCUT2D eigenvalue weighted by atomic mass is 32.2. The Kier molecular flexibility index (Phi) is 7.65. The first kappa shape index (κ1) is 21.5. The third-order valence-electron chi connectivity index (χ3n) is 3.69. The molecule has 0 spiro atoms. The van der Waals surface area contributed by atoms with E-state index >= 15 is 0 Å². The Morgan fingerprint density at radius 3 is 2.29 bits per heavy atom. The van der Waals surface area contributed by atoms with Crippen LogP contribution in [0.2, 0.25) is 0 Å². The van der Waals surface area contributed by atoms with Crippen LogP contribution in [0.4, 0.5) is 0 Å². The first-order valence-corrected chi connectivity index (χ1v) is 10.3. The van der Waals surface area contributed by atoms with Gasteiger partial charge in [0.15, 0.2) is 0 Å². The minimum absolute atomic E-state index is 0.174. The van der Waals surface area contributed by atoms with Crippen LogP contribution < -0.4 is 15.4 Å². The molecular formula is C19H24N4O4S. The lowest BCUT2D eigenvalue weighted by molar-refractivity contribution is -0.139. The average molecular weight is 404 g/mol. The highest BCUT2D eigenvalue weighted by Crippen LogP contribution is 2.11. The second kappa shape index (κ2) is 9.95. The number of hydrogen-bond acceptors (Lipinski definition) is 5. The van der Waals surface area contributed by atoms with Gasteiger partial charge in [-0.3, -0.25) is 14.6 Å². The maximum absolute atomic E-state index is 12.1. The molecule has 1 aromatic carbocycles. The van der Waals surface area contributed by atoms with E-state index in [1.807, 2.05) is 0 Å². The van der Waals surface area contributed by atoms with Crippen LogP contribution in [0.3, 0.4) is 0 Å². The van der Waals surface area contributed by atoms with Gasteiger partial charge >= 0.3 is 11.8 Å². The molecule has 1 heterocycles. The van der Waals surface area contributed by atoms with E-state index in [0.29, 0.717) is 12.1 Å². The van der Waals surface area contributed by atoms with Crippen molar-refractivity contribution in [1.82, 2.24) is 20.3 Å². The summed E-state index contributed by atoms with van der Waals surface area (Å²) >= 11 is 0. The Hall–Kier alpha value is -2.78. The van der Waals surface area contributed by atoms with Crippen molar-refractivity contribution >= 4 is 21.8 Å². The standard InChI is InChI=1S/C19H24N4O4S/c1-14(2)23-28(26,27)17-8-6-15(7-9-17)10-12-21-18(24)19(25)22-13-16-5-3-4-11-20-16/h3-9,11,14,23H,10,12-13H2,1-2H3,(H,21,24)(H,22,25). The number of sulfonamides is 1. The van der Waals surface area contributed by atoms with Gasteiger partial charge in [-0.1, -0.05) is 18.2 Å². The van der Waals surface area contributed by atoms with Crippen LogP contribution in [0.25, 0.3) is 0 Å². The van der Waals surface area contributed by atoms with E-state index in [4.69, 9.17) is 0 Å². The number of amides is 2. The van der Waals surface area contributed by atoms with Crippen molar-refractivity contribution in [1.29, 1.82) is 0 Å². The third-order valence-corrected chi connectivity index (χ3v) is 5.36. The van der Waals surface area contributed by atoms with Crippen molar-refractivity contribution < 1.29 is 18.0 Å². The topological polar surface area (TPSA) is 117 Å². The number of carbonyl (C=O) groups excluding carboxylic acids is 2. The molecule has 0 aliphatic heterocycles. The van der Waals surface area contributed by atoms with Gasteiger partial charge in [-0.15, -0.1) is 0 Å². The van der Waals surface area contributed by atoms with E-state index in [-0.39, 0.29) is 24.0 Å². The van der Waals surface area contributed by atoms with Crippen LogP contribution in [-0.2, 0) is 32.6 Å². The molecule has 3 N–H and O–H groups in total. The van der Waals surface area contributed by atoms with Crippen molar-refractivity contribution in [3.8, 4) is 0 Å². The van der Waals surface area contributed by atoms with Gasteiger partial charge in [0, 0.05) is 18.8 Å². The van der Waals surface area contributed by atoms with Crippen LogP contribution >= 0.6 is 0 Å². The zero-order valence-electron chi connectivity index (χ0n) is 15.8. The minimum atomic E-state index is -3.53. The molecule has 0 aliphatic carbocycles. The fourth-order valence-corrected chi connectivity index (χ4v) is 3.62. The molecule has 0 radical (unpaired) electrons. The van der Waals surface area contributed by atoms with Crippen LogP contribution in [-0.4, -0.2) is 37.8 Å². The summed E-state index contributed by atoms with van der Waals surface area (Å²) in [6.45, 7) is 3.93. The van der Waals surface area contributed by atoms with Crippen LogP contribution in [0.15, 0.2) is 53.6 Å². The summed E-state index contributed by atoms with van der Waals surface area (Å²) in [6, 6.07) is 11.5. The average Bonchev–Trinajstić information content (AvgIpc) is 2.66. The Labute approximate surface area is 164 Å². The van der Waals surface area contributed by atoms with Crippen molar-refractivity contribution in [3.05, 3.63) is 59.9 Å². The van der Waals surface area contributed by atoms with E-state index in [9.17, 15) is 18.0 Å². The number of nitrogens with one attached hydrogen (secondary N) is 3.